The van der Waals surface area contributed by atoms with Crippen molar-refractivity contribution in [3.05, 3.63) is 69.7 Å². The minimum Gasteiger partial charge on any atom is -0.311 e. The summed E-state index contributed by atoms with van der Waals surface area (Å²) in [6.07, 6.45) is 2.60. The number of nitrogens with one attached hydrogen (secondary N) is 1. The van der Waals surface area contributed by atoms with E-state index in [1.165, 1.54) is 31.5 Å². The largest absolute Gasteiger partial charge is 0.311 e. The second kappa shape index (κ2) is 8.16. The summed E-state index contributed by atoms with van der Waals surface area (Å²) in [4.78, 5) is 2.58. The number of rotatable bonds is 6. The van der Waals surface area contributed by atoms with Crippen LogP contribution in [0.3, 0.4) is 0 Å². The molecule has 0 spiro atoms. The van der Waals surface area contributed by atoms with Crippen molar-refractivity contribution in [2.45, 2.75) is 25.4 Å². The van der Waals surface area contributed by atoms with Crippen molar-refractivity contribution in [1.29, 1.82) is 0 Å². The number of nitrogens with zero attached hydrogens (tertiary/aromatic N) is 1. The van der Waals surface area contributed by atoms with Crippen LogP contribution in [0, 0.1) is 0 Å². The molecular formula is C19H22Cl2N2. The van der Waals surface area contributed by atoms with E-state index < -0.39 is 0 Å². The molecule has 3 rings (SSSR count). The zero-order valence-electron chi connectivity index (χ0n) is 13.1. The minimum atomic E-state index is 0.421. The van der Waals surface area contributed by atoms with Crippen LogP contribution < -0.4 is 5.32 Å². The SMILES string of the molecule is Clc1ccc(CNCC(c2ccccc2)N2CCCC2)c(Cl)c1. The van der Waals surface area contributed by atoms with Crippen molar-refractivity contribution in [1.82, 2.24) is 10.2 Å². The van der Waals surface area contributed by atoms with E-state index in [9.17, 15) is 0 Å². The van der Waals surface area contributed by atoms with Crippen LogP contribution in [0.1, 0.15) is 30.0 Å². The lowest BCUT2D eigenvalue weighted by atomic mass is 10.1. The molecular weight excluding hydrogens is 327 g/mol. The van der Waals surface area contributed by atoms with Gasteiger partial charge in [0, 0.05) is 29.2 Å². The van der Waals surface area contributed by atoms with E-state index in [1.54, 1.807) is 6.07 Å². The molecule has 122 valence electrons. The van der Waals surface area contributed by atoms with Crippen LogP contribution in [0.2, 0.25) is 10.0 Å². The Labute approximate surface area is 148 Å². The Morgan fingerprint density at radius 3 is 2.43 bits per heavy atom. The first-order chi connectivity index (χ1) is 11.2. The first-order valence-corrected chi connectivity index (χ1v) is 8.93. The van der Waals surface area contributed by atoms with Gasteiger partial charge in [-0.3, -0.25) is 4.90 Å². The lowest BCUT2D eigenvalue weighted by Gasteiger charge is -2.28. The summed E-state index contributed by atoms with van der Waals surface area (Å²) in [6, 6.07) is 16.9. The van der Waals surface area contributed by atoms with E-state index in [2.05, 4.69) is 40.5 Å². The zero-order valence-corrected chi connectivity index (χ0v) is 14.7. The summed E-state index contributed by atoms with van der Waals surface area (Å²) in [5.41, 5.74) is 2.47. The standard InChI is InChI=1S/C19H22Cl2N2/c20-17-9-8-16(18(21)12-17)13-22-14-19(23-10-4-5-11-23)15-6-2-1-3-7-15/h1-3,6-9,12,19,22H,4-5,10-11,13-14H2. The predicted molar refractivity (Wildman–Crippen MR) is 98.2 cm³/mol. The Hall–Kier alpha value is -1.06. The first kappa shape index (κ1) is 16.8. The van der Waals surface area contributed by atoms with Crippen LogP contribution in [0.4, 0.5) is 0 Å². The molecule has 0 saturated carbocycles. The molecule has 1 atom stereocenters. The van der Waals surface area contributed by atoms with Crippen LogP contribution in [0.25, 0.3) is 0 Å². The third-order valence-corrected chi connectivity index (χ3v) is 5.02. The van der Waals surface area contributed by atoms with Crippen molar-refractivity contribution >= 4 is 23.2 Å². The molecule has 23 heavy (non-hydrogen) atoms. The van der Waals surface area contributed by atoms with Gasteiger partial charge in [0.2, 0.25) is 0 Å². The average Bonchev–Trinajstić information content (AvgIpc) is 3.08. The molecule has 0 amide bonds. The summed E-state index contributed by atoms with van der Waals surface area (Å²) < 4.78 is 0. The van der Waals surface area contributed by atoms with E-state index >= 15 is 0 Å². The van der Waals surface area contributed by atoms with Gasteiger partial charge in [-0.1, -0.05) is 59.6 Å². The minimum absolute atomic E-state index is 0.421. The molecule has 2 aromatic rings. The predicted octanol–water partition coefficient (Wildman–Crippen LogP) is 4.92. The van der Waals surface area contributed by atoms with E-state index in [4.69, 9.17) is 23.2 Å². The number of likely N-dealkylation sites (tertiary alicyclic amines) is 1. The number of benzene rings is 2. The lowest BCUT2D eigenvalue weighted by molar-refractivity contribution is 0.238. The number of halogens is 2. The van der Waals surface area contributed by atoms with Gasteiger partial charge in [0.15, 0.2) is 0 Å². The van der Waals surface area contributed by atoms with Gasteiger partial charge in [0.25, 0.3) is 0 Å². The molecule has 0 aromatic heterocycles. The molecule has 1 fully saturated rings. The third kappa shape index (κ3) is 4.48. The summed E-state index contributed by atoms with van der Waals surface area (Å²) in [5.74, 6) is 0. The molecule has 0 bridgehead atoms. The van der Waals surface area contributed by atoms with Crippen molar-refractivity contribution in [3.8, 4) is 0 Å². The van der Waals surface area contributed by atoms with Crippen molar-refractivity contribution in [2.24, 2.45) is 0 Å². The fraction of sp³-hybridized carbons (Fsp3) is 0.368. The van der Waals surface area contributed by atoms with Gasteiger partial charge in [-0.2, -0.15) is 0 Å². The molecule has 1 N–H and O–H groups in total. The van der Waals surface area contributed by atoms with Crippen molar-refractivity contribution < 1.29 is 0 Å². The van der Waals surface area contributed by atoms with Gasteiger partial charge in [0.1, 0.15) is 0 Å². The molecule has 0 radical (unpaired) electrons. The van der Waals surface area contributed by atoms with E-state index in [1.807, 2.05) is 12.1 Å². The van der Waals surface area contributed by atoms with Gasteiger partial charge in [-0.05, 0) is 49.2 Å². The first-order valence-electron chi connectivity index (χ1n) is 8.17. The molecule has 1 aliphatic heterocycles. The quantitative estimate of drug-likeness (QED) is 0.796. The highest BCUT2D eigenvalue weighted by molar-refractivity contribution is 6.35. The second-order valence-electron chi connectivity index (χ2n) is 6.04. The van der Waals surface area contributed by atoms with E-state index in [0.29, 0.717) is 11.1 Å². The van der Waals surface area contributed by atoms with E-state index in [0.717, 1.165) is 23.7 Å². The van der Waals surface area contributed by atoms with Crippen LogP contribution in [-0.4, -0.2) is 24.5 Å². The Bertz CT molecular complexity index is 625. The number of hydrogen-bond acceptors (Lipinski definition) is 2. The maximum atomic E-state index is 6.25. The fourth-order valence-electron chi connectivity index (χ4n) is 3.19. The molecule has 1 heterocycles. The van der Waals surface area contributed by atoms with Crippen LogP contribution in [0.5, 0.6) is 0 Å². The fourth-order valence-corrected chi connectivity index (χ4v) is 3.67. The van der Waals surface area contributed by atoms with Gasteiger partial charge in [-0.15, -0.1) is 0 Å². The van der Waals surface area contributed by atoms with Crippen molar-refractivity contribution in [2.75, 3.05) is 19.6 Å². The normalized spacial score (nSPS) is 16.6. The maximum Gasteiger partial charge on any atom is 0.0472 e. The summed E-state index contributed by atoms with van der Waals surface area (Å²) in [7, 11) is 0. The third-order valence-electron chi connectivity index (χ3n) is 4.43. The Kier molecular flexibility index (Phi) is 5.96. The Balaban J connectivity index is 1.64. The summed E-state index contributed by atoms with van der Waals surface area (Å²) in [5, 5.41) is 4.97. The van der Waals surface area contributed by atoms with Gasteiger partial charge < -0.3 is 5.32 Å². The van der Waals surface area contributed by atoms with Gasteiger partial charge in [0.05, 0.1) is 0 Å². The molecule has 4 heteroatoms. The summed E-state index contributed by atoms with van der Waals surface area (Å²) >= 11 is 12.2. The molecule has 2 aromatic carbocycles. The Morgan fingerprint density at radius 1 is 1.00 bits per heavy atom. The average molecular weight is 349 g/mol. The molecule has 1 aliphatic rings. The van der Waals surface area contributed by atoms with Crippen LogP contribution in [-0.2, 0) is 6.54 Å². The topological polar surface area (TPSA) is 15.3 Å². The smallest absolute Gasteiger partial charge is 0.0472 e. The molecule has 1 saturated heterocycles. The van der Waals surface area contributed by atoms with Gasteiger partial charge in [-0.25, -0.2) is 0 Å². The second-order valence-corrected chi connectivity index (χ2v) is 6.88. The van der Waals surface area contributed by atoms with Crippen LogP contribution in [0.15, 0.2) is 48.5 Å². The molecule has 2 nitrogen and oxygen atoms in total. The molecule has 0 aliphatic carbocycles. The van der Waals surface area contributed by atoms with Crippen LogP contribution >= 0.6 is 23.2 Å². The van der Waals surface area contributed by atoms with Crippen molar-refractivity contribution in [3.63, 3.8) is 0 Å². The molecule has 1 unspecified atom stereocenters. The lowest BCUT2D eigenvalue weighted by Crippen LogP contribution is -2.34. The van der Waals surface area contributed by atoms with E-state index in [-0.39, 0.29) is 0 Å². The highest BCUT2D eigenvalue weighted by Crippen LogP contribution is 2.25. The monoisotopic (exact) mass is 348 g/mol. The maximum absolute atomic E-state index is 6.25. The van der Waals surface area contributed by atoms with Gasteiger partial charge >= 0.3 is 0 Å². The highest BCUT2D eigenvalue weighted by Gasteiger charge is 2.22. The Morgan fingerprint density at radius 2 is 1.74 bits per heavy atom. The zero-order chi connectivity index (χ0) is 16.1. The number of hydrogen-bond donors (Lipinski definition) is 1. The highest BCUT2D eigenvalue weighted by atomic mass is 35.5. The summed E-state index contributed by atoms with van der Waals surface area (Å²) in [6.45, 7) is 4.04.